The van der Waals surface area contributed by atoms with Crippen molar-refractivity contribution in [2.75, 3.05) is 61.2 Å². The smallest absolute Gasteiger partial charge is 0.407 e. The second-order valence-electron chi connectivity index (χ2n) is 19.7. The molecule has 0 saturated carbocycles. The van der Waals surface area contributed by atoms with Crippen LogP contribution in [0.15, 0.2) is 41.9 Å². The molecule has 1 aliphatic heterocycles. The van der Waals surface area contributed by atoms with Gasteiger partial charge in [-0.15, -0.1) is 11.3 Å². The first-order valence-corrected chi connectivity index (χ1v) is 24.9. The third-order valence-corrected chi connectivity index (χ3v) is 13.6. The van der Waals surface area contributed by atoms with Crippen LogP contribution in [0.25, 0.3) is 0 Å². The summed E-state index contributed by atoms with van der Waals surface area (Å²) in [6.07, 6.45) is 2.74. The number of aromatic nitrogens is 1. The zero-order chi connectivity index (χ0) is 50.0. The molecule has 67 heavy (non-hydrogen) atoms. The van der Waals surface area contributed by atoms with Gasteiger partial charge in [-0.2, -0.15) is 0 Å². The number of amides is 5. The van der Waals surface area contributed by atoms with Crippen molar-refractivity contribution in [1.82, 2.24) is 35.6 Å². The molecule has 378 valence electrons. The predicted molar refractivity (Wildman–Crippen MR) is 262 cm³/mol. The van der Waals surface area contributed by atoms with E-state index in [1.54, 1.807) is 32.4 Å². The second kappa shape index (κ2) is 27.7. The maximum absolute atomic E-state index is 14.6. The van der Waals surface area contributed by atoms with Gasteiger partial charge in [0, 0.05) is 51.5 Å². The Morgan fingerprint density at radius 3 is 2.16 bits per heavy atom. The molecule has 0 bridgehead atoms. The zero-order valence-electron chi connectivity index (χ0n) is 42.8. The molecule has 0 unspecified atom stereocenters. The van der Waals surface area contributed by atoms with Gasteiger partial charge in [0.2, 0.25) is 23.6 Å². The van der Waals surface area contributed by atoms with Crippen molar-refractivity contribution >= 4 is 41.1 Å². The van der Waals surface area contributed by atoms with Crippen LogP contribution in [0.5, 0.6) is 0 Å². The lowest BCUT2D eigenvalue weighted by Gasteiger charge is -2.41. The fraction of sp³-hybridized carbons (Fsp3) is 0.720. The van der Waals surface area contributed by atoms with Crippen molar-refractivity contribution < 1.29 is 42.9 Å². The standard InChI is InChI=1S/C50H83N7O9S/c1-15-34(6)43(56(12)48(61)41(32(2)3)53-46(60)42(33(4)5)55(11)25-26-65-27-28-66-49(62)54-50(8,9)10)39(63-13)31-40(58)57-24-19-22-38(57)44(64-14)35(7)45(59)52-37(47-51-23-29-67-47)30-36-20-17-16-18-21-36/h16-18,20-21,23,29,32-35,37-39,41-44H,15,19,22,24-28,30-31H2,1-14H3,(H,52,59)(H,53,60)(H,54,62)/t34-,35+,37-,38-,39+,41-,42-,43-,44+/m0/s1. The topological polar surface area (TPSA) is 181 Å². The average molecular weight is 958 g/mol. The number of carbonyl (C=O) groups excluding carboxylic acids is 5. The molecule has 1 aliphatic rings. The van der Waals surface area contributed by atoms with Crippen LogP contribution in [0.1, 0.15) is 112 Å². The van der Waals surface area contributed by atoms with E-state index in [1.165, 1.54) is 11.3 Å². The Hall–Kier alpha value is -4.16. The van der Waals surface area contributed by atoms with Gasteiger partial charge < -0.3 is 44.7 Å². The van der Waals surface area contributed by atoms with Gasteiger partial charge in [0.25, 0.3) is 0 Å². The van der Waals surface area contributed by atoms with Gasteiger partial charge in [0.1, 0.15) is 17.7 Å². The molecule has 1 fully saturated rings. The van der Waals surface area contributed by atoms with Gasteiger partial charge in [-0.3, -0.25) is 24.1 Å². The Bertz CT molecular complexity index is 1810. The molecular weight excluding hydrogens is 875 g/mol. The fourth-order valence-electron chi connectivity index (χ4n) is 9.03. The molecule has 0 aliphatic carbocycles. The fourth-order valence-corrected chi connectivity index (χ4v) is 9.72. The van der Waals surface area contributed by atoms with Gasteiger partial charge >= 0.3 is 6.09 Å². The molecular formula is C50H83N7O9S. The quantitative estimate of drug-likeness (QED) is 0.0881. The number of alkyl carbamates (subject to hydrolysis) is 1. The third kappa shape index (κ3) is 17.4. The van der Waals surface area contributed by atoms with Gasteiger partial charge in [-0.1, -0.05) is 85.2 Å². The van der Waals surface area contributed by atoms with E-state index in [0.29, 0.717) is 39.0 Å². The van der Waals surface area contributed by atoms with E-state index in [0.717, 1.165) is 17.0 Å². The third-order valence-electron chi connectivity index (χ3n) is 12.7. The number of nitrogens with zero attached hydrogens (tertiary/aromatic N) is 4. The molecule has 0 radical (unpaired) electrons. The summed E-state index contributed by atoms with van der Waals surface area (Å²) in [6, 6.07) is 7.42. The molecule has 17 heteroatoms. The molecule has 1 aromatic carbocycles. The number of hydrogen-bond donors (Lipinski definition) is 3. The number of carbonyl (C=O) groups is 5. The van der Waals surface area contributed by atoms with Gasteiger partial charge in [0.05, 0.1) is 61.9 Å². The van der Waals surface area contributed by atoms with Crippen molar-refractivity contribution in [1.29, 1.82) is 0 Å². The van der Waals surface area contributed by atoms with Crippen LogP contribution in [-0.2, 0) is 44.5 Å². The van der Waals surface area contributed by atoms with Crippen molar-refractivity contribution in [2.24, 2.45) is 23.7 Å². The molecule has 3 N–H and O–H groups in total. The number of thiazole rings is 1. The molecule has 3 rings (SSSR count). The van der Waals surface area contributed by atoms with Crippen molar-refractivity contribution in [2.45, 2.75) is 149 Å². The maximum Gasteiger partial charge on any atom is 0.407 e. The highest BCUT2D eigenvalue weighted by Crippen LogP contribution is 2.31. The highest BCUT2D eigenvalue weighted by Gasteiger charge is 2.43. The van der Waals surface area contributed by atoms with E-state index in [1.807, 2.05) is 122 Å². The molecule has 1 saturated heterocycles. The summed E-state index contributed by atoms with van der Waals surface area (Å²) in [5, 5.41) is 11.8. The molecule has 0 spiro atoms. The lowest BCUT2D eigenvalue weighted by Crippen LogP contribution is -2.60. The molecule has 5 amide bonds. The van der Waals surface area contributed by atoms with Crippen LogP contribution >= 0.6 is 11.3 Å². The summed E-state index contributed by atoms with van der Waals surface area (Å²) in [5.74, 6) is -1.84. The number of methoxy groups -OCH3 is 2. The Labute approximate surface area is 404 Å². The maximum atomic E-state index is 14.6. The minimum absolute atomic E-state index is 0.0110. The van der Waals surface area contributed by atoms with Crippen LogP contribution in [0, 0.1) is 23.7 Å². The molecule has 9 atom stereocenters. The number of nitrogens with one attached hydrogen (secondary N) is 3. The van der Waals surface area contributed by atoms with Crippen LogP contribution in [-0.4, -0.2) is 153 Å². The van der Waals surface area contributed by atoms with Crippen molar-refractivity contribution in [3.8, 4) is 0 Å². The van der Waals surface area contributed by atoms with Gasteiger partial charge in [-0.25, -0.2) is 9.78 Å². The number of likely N-dealkylation sites (tertiary alicyclic amines) is 1. The number of likely N-dealkylation sites (N-methyl/N-ethyl adjacent to an activating group) is 2. The van der Waals surface area contributed by atoms with E-state index < -0.39 is 47.9 Å². The van der Waals surface area contributed by atoms with Gasteiger partial charge in [-0.05, 0) is 70.4 Å². The largest absolute Gasteiger partial charge is 0.447 e. The normalized spacial score (nSPS) is 17.9. The minimum Gasteiger partial charge on any atom is -0.447 e. The monoisotopic (exact) mass is 958 g/mol. The van der Waals surface area contributed by atoms with Crippen molar-refractivity contribution in [3.63, 3.8) is 0 Å². The Kier molecular flexibility index (Phi) is 23.7. The van der Waals surface area contributed by atoms with Crippen LogP contribution in [0.3, 0.4) is 0 Å². The summed E-state index contributed by atoms with van der Waals surface area (Å²) < 4.78 is 23.1. The first kappa shape index (κ1) is 57.2. The number of ether oxygens (including phenoxy) is 4. The molecule has 2 aromatic rings. The van der Waals surface area contributed by atoms with E-state index in [2.05, 4.69) is 20.9 Å². The average Bonchev–Trinajstić information content (AvgIpc) is 3.99. The first-order valence-electron chi connectivity index (χ1n) is 24.0. The van der Waals surface area contributed by atoms with Crippen molar-refractivity contribution in [3.05, 3.63) is 52.5 Å². The van der Waals surface area contributed by atoms with E-state index in [4.69, 9.17) is 18.9 Å². The molecule has 2 heterocycles. The highest BCUT2D eigenvalue weighted by molar-refractivity contribution is 7.09. The molecule has 1 aromatic heterocycles. The Balaban J connectivity index is 1.70. The van der Waals surface area contributed by atoms with Gasteiger partial charge in [0.15, 0.2) is 0 Å². The number of hydrogen-bond acceptors (Lipinski definition) is 12. The number of benzene rings is 1. The Morgan fingerprint density at radius 1 is 0.910 bits per heavy atom. The lowest BCUT2D eigenvalue weighted by atomic mass is 9.89. The van der Waals surface area contributed by atoms with Crippen LogP contribution < -0.4 is 16.0 Å². The number of rotatable bonds is 27. The summed E-state index contributed by atoms with van der Waals surface area (Å²) >= 11 is 1.50. The summed E-state index contributed by atoms with van der Waals surface area (Å²) in [6.45, 7) is 20.8. The van der Waals surface area contributed by atoms with E-state index >= 15 is 0 Å². The van der Waals surface area contributed by atoms with Crippen LogP contribution in [0.2, 0.25) is 0 Å². The summed E-state index contributed by atoms with van der Waals surface area (Å²) in [7, 11) is 6.73. The Morgan fingerprint density at radius 2 is 1.60 bits per heavy atom. The second-order valence-corrected chi connectivity index (χ2v) is 20.7. The SMILES string of the molecule is CC[C@H](C)[C@@H]([C@@H](CC(=O)N1CCC[C@H]1[C@H](OC)[C@@H](C)C(=O)N[C@@H](Cc1ccccc1)c1nccs1)OC)N(C)C(=O)[C@@H](NC(=O)[C@H](C(C)C)N(C)CCOCCOC(=O)NC(C)(C)C)C(C)C. The predicted octanol–water partition coefficient (Wildman–Crippen LogP) is 6.10. The van der Waals surface area contributed by atoms with E-state index in [-0.39, 0.29) is 73.1 Å². The highest BCUT2D eigenvalue weighted by atomic mass is 32.1. The van der Waals surface area contributed by atoms with Crippen LogP contribution in [0.4, 0.5) is 4.79 Å². The zero-order valence-corrected chi connectivity index (χ0v) is 43.7. The van der Waals surface area contributed by atoms with E-state index in [9.17, 15) is 24.0 Å². The summed E-state index contributed by atoms with van der Waals surface area (Å²) in [4.78, 5) is 79.0. The lowest BCUT2D eigenvalue weighted by molar-refractivity contribution is -0.148. The summed E-state index contributed by atoms with van der Waals surface area (Å²) in [5.41, 5.74) is 0.676. The minimum atomic E-state index is -0.847. The first-order chi connectivity index (χ1) is 31.6. The molecule has 16 nitrogen and oxygen atoms in total.